The van der Waals surface area contributed by atoms with Crippen LogP contribution in [-0.2, 0) is 15.7 Å². The number of aliphatic hydroxyl groups excluding tert-OH is 1. The maximum absolute atomic E-state index is 12.6. The van der Waals surface area contributed by atoms with Crippen molar-refractivity contribution in [3.63, 3.8) is 0 Å². The fraction of sp³-hybridized carbons (Fsp3) is 0.333. The van der Waals surface area contributed by atoms with E-state index in [1.165, 1.54) is 0 Å². The SMILES string of the molecule is Cc1ccc(C(=O)OCC(C)(CO)COC(=O)c2ccc(C(F)(F)F)cc2)cc1. The van der Waals surface area contributed by atoms with E-state index in [1.54, 1.807) is 31.2 Å². The number of aliphatic hydroxyl groups is 1. The third-order valence-electron chi connectivity index (χ3n) is 4.22. The van der Waals surface area contributed by atoms with Gasteiger partial charge in [0.1, 0.15) is 13.2 Å². The highest BCUT2D eigenvalue weighted by Gasteiger charge is 2.31. The third kappa shape index (κ3) is 6.32. The monoisotopic (exact) mass is 410 g/mol. The van der Waals surface area contributed by atoms with E-state index >= 15 is 0 Å². The number of halogens is 3. The van der Waals surface area contributed by atoms with Gasteiger partial charge in [0, 0.05) is 0 Å². The van der Waals surface area contributed by atoms with Gasteiger partial charge in [0.25, 0.3) is 0 Å². The Balaban J connectivity index is 1.93. The number of rotatable bonds is 7. The van der Waals surface area contributed by atoms with Crippen molar-refractivity contribution >= 4 is 11.9 Å². The smallest absolute Gasteiger partial charge is 0.416 e. The van der Waals surface area contributed by atoms with Crippen molar-refractivity contribution in [1.29, 1.82) is 0 Å². The molecule has 0 radical (unpaired) electrons. The highest BCUT2D eigenvalue weighted by molar-refractivity contribution is 5.90. The maximum atomic E-state index is 12.6. The zero-order chi connectivity index (χ0) is 21.7. The normalized spacial score (nSPS) is 13.4. The summed E-state index contributed by atoms with van der Waals surface area (Å²) in [6, 6.07) is 10.3. The van der Waals surface area contributed by atoms with Gasteiger partial charge in [0.05, 0.1) is 28.7 Å². The Morgan fingerprint density at radius 1 is 0.862 bits per heavy atom. The summed E-state index contributed by atoms with van der Waals surface area (Å²) in [5.74, 6) is -1.43. The second-order valence-corrected chi connectivity index (χ2v) is 7.06. The van der Waals surface area contributed by atoms with Crippen molar-refractivity contribution in [3.05, 3.63) is 70.8 Å². The van der Waals surface area contributed by atoms with E-state index in [9.17, 15) is 27.9 Å². The Bertz CT molecular complexity index is 844. The minimum atomic E-state index is -4.50. The minimum absolute atomic E-state index is 0.0602. The van der Waals surface area contributed by atoms with Gasteiger partial charge in [-0.05, 0) is 43.3 Å². The Labute approximate surface area is 166 Å². The zero-order valence-electron chi connectivity index (χ0n) is 16.0. The van der Waals surface area contributed by atoms with E-state index in [1.807, 2.05) is 6.92 Å². The van der Waals surface area contributed by atoms with Gasteiger partial charge in [-0.3, -0.25) is 0 Å². The summed E-state index contributed by atoms with van der Waals surface area (Å²) in [6.07, 6.45) is -4.50. The van der Waals surface area contributed by atoms with Crippen LogP contribution in [0.3, 0.4) is 0 Å². The van der Waals surface area contributed by atoms with Crippen molar-refractivity contribution in [2.75, 3.05) is 19.8 Å². The van der Waals surface area contributed by atoms with E-state index in [4.69, 9.17) is 9.47 Å². The Kier molecular flexibility index (Phi) is 7.02. The summed E-state index contributed by atoms with van der Waals surface area (Å²) in [4.78, 5) is 24.2. The van der Waals surface area contributed by atoms with Gasteiger partial charge < -0.3 is 14.6 Å². The average Bonchev–Trinajstić information content (AvgIpc) is 2.70. The summed E-state index contributed by atoms with van der Waals surface area (Å²) in [6.45, 7) is 2.49. The summed E-state index contributed by atoms with van der Waals surface area (Å²) < 4.78 is 48.0. The lowest BCUT2D eigenvalue weighted by atomic mass is 9.94. The van der Waals surface area contributed by atoms with Crippen molar-refractivity contribution in [2.45, 2.75) is 20.0 Å². The molecule has 1 N–H and O–H groups in total. The molecule has 156 valence electrons. The molecular formula is C21H21F3O5. The van der Waals surface area contributed by atoms with Crippen molar-refractivity contribution in [1.82, 2.24) is 0 Å². The van der Waals surface area contributed by atoms with Crippen LogP contribution in [0.25, 0.3) is 0 Å². The van der Waals surface area contributed by atoms with Crippen LogP contribution in [0, 0.1) is 12.3 Å². The number of aryl methyl sites for hydroxylation is 1. The Hall–Kier alpha value is -2.87. The number of esters is 2. The molecule has 2 rings (SSSR count). The van der Waals surface area contributed by atoms with Crippen LogP contribution in [0.5, 0.6) is 0 Å². The summed E-state index contributed by atoms with van der Waals surface area (Å²) >= 11 is 0. The number of benzene rings is 2. The number of hydrogen-bond acceptors (Lipinski definition) is 5. The number of carbonyl (C=O) groups is 2. The van der Waals surface area contributed by atoms with Crippen LogP contribution >= 0.6 is 0 Å². The van der Waals surface area contributed by atoms with Crippen molar-refractivity contribution in [3.8, 4) is 0 Å². The van der Waals surface area contributed by atoms with E-state index in [2.05, 4.69) is 0 Å². The molecule has 0 saturated heterocycles. The van der Waals surface area contributed by atoms with Gasteiger partial charge in [-0.1, -0.05) is 24.6 Å². The molecule has 0 aliphatic rings. The molecule has 0 aliphatic carbocycles. The molecule has 0 saturated carbocycles. The first-order valence-electron chi connectivity index (χ1n) is 8.73. The third-order valence-corrected chi connectivity index (χ3v) is 4.22. The van der Waals surface area contributed by atoms with Gasteiger partial charge in [-0.25, -0.2) is 9.59 Å². The van der Waals surface area contributed by atoms with Crippen molar-refractivity contribution in [2.24, 2.45) is 5.41 Å². The number of alkyl halides is 3. The van der Waals surface area contributed by atoms with E-state index in [0.29, 0.717) is 5.56 Å². The predicted octanol–water partition coefficient (Wildman–Crippen LogP) is 4.03. The Morgan fingerprint density at radius 2 is 1.28 bits per heavy atom. The molecule has 2 aromatic carbocycles. The first kappa shape index (κ1) is 22.4. The molecule has 29 heavy (non-hydrogen) atoms. The number of hydrogen-bond donors (Lipinski definition) is 1. The van der Waals surface area contributed by atoms with Crippen LogP contribution in [0.1, 0.15) is 38.8 Å². The van der Waals surface area contributed by atoms with Crippen LogP contribution in [0.2, 0.25) is 0 Å². The van der Waals surface area contributed by atoms with E-state index < -0.39 is 35.7 Å². The summed E-state index contributed by atoms with van der Waals surface area (Å²) in [5.41, 5.74) is -0.677. The minimum Gasteiger partial charge on any atom is -0.461 e. The Morgan fingerprint density at radius 3 is 1.66 bits per heavy atom. The predicted molar refractivity (Wildman–Crippen MR) is 98.4 cm³/mol. The topological polar surface area (TPSA) is 72.8 Å². The zero-order valence-corrected chi connectivity index (χ0v) is 16.0. The maximum Gasteiger partial charge on any atom is 0.416 e. The second kappa shape index (κ2) is 9.09. The van der Waals surface area contributed by atoms with Crippen LogP contribution < -0.4 is 0 Å². The fourth-order valence-electron chi connectivity index (χ4n) is 2.26. The molecule has 0 fully saturated rings. The molecule has 1 atom stereocenters. The second-order valence-electron chi connectivity index (χ2n) is 7.06. The molecule has 0 bridgehead atoms. The highest BCUT2D eigenvalue weighted by Crippen LogP contribution is 2.29. The fourth-order valence-corrected chi connectivity index (χ4v) is 2.26. The number of ether oxygens (including phenoxy) is 2. The molecule has 5 nitrogen and oxygen atoms in total. The van der Waals surface area contributed by atoms with Gasteiger partial charge in [0.15, 0.2) is 0 Å². The highest BCUT2D eigenvalue weighted by atomic mass is 19.4. The summed E-state index contributed by atoms with van der Waals surface area (Å²) in [7, 11) is 0. The lowest BCUT2D eigenvalue weighted by Gasteiger charge is -2.26. The molecule has 0 heterocycles. The van der Waals surface area contributed by atoms with Gasteiger partial charge in [0.2, 0.25) is 0 Å². The lowest BCUT2D eigenvalue weighted by Crippen LogP contribution is -2.35. The van der Waals surface area contributed by atoms with Crippen LogP contribution in [0.4, 0.5) is 13.2 Å². The van der Waals surface area contributed by atoms with Gasteiger partial charge >= 0.3 is 18.1 Å². The largest absolute Gasteiger partial charge is 0.461 e. The molecule has 2 aromatic rings. The first-order valence-corrected chi connectivity index (χ1v) is 8.73. The molecule has 0 aliphatic heterocycles. The number of carbonyl (C=O) groups excluding carboxylic acids is 2. The molecular weight excluding hydrogens is 389 g/mol. The average molecular weight is 410 g/mol. The van der Waals surface area contributed by atoms with E-state index in [0.717, 1.165) is 29.8 Å². The van der Waals surface area contributed by atoms with Crippen LogP contribution in [0.15, 0.2) is 48.5 Å². The molecule has 1 unspecified atom stereocenters. The van der Waals surface area contributed by atoms with Crippen LogP contribution in [-0.4, -0.2) is 36.9 Å². The first-order chi connectivity index (χ1) is 13.5. The molecule has 0 aromatic heterocycles. The summed E-state index contributed by atoms with van der Waals surface area (Å²) in [5, 5.41) is 9.61. The van der Waals surface area contributed by atoms with Gasteiger partial charge in [-0.2, -0.15) is 13.2 Å². The van der Waals surface area contributed by atoms with Crippen molar-refractivity contribution < 1.29 is 37.3 Å². The molecule has 0 spiro atoms. The quantitative estimate of drug-likeness (QED) is 0.698. The lowest BCUT2D eigenvalue weighted by molar-refractivity contribution is -0.137. The van der Waals surface area contributed by atoms with E-state index in [-0.39, 0.29) is 18.8 Å². The molecule has 8 heteroatoms. The standard InChI is InChI=1S/C21H21F3O5/c1-14-3-5-15(6-4-14)18(26)28-12-20(2,11-25)13-29-19(27)16-7-9-17(10-8-16)21(22,23)24/h3-10,25H,11-13H2,1-2H3. The molecule has 0 amide bonds. The van der Waals surface area contributed by atoms with Gasteiger partial charge in [-0.15, -0.1) is 0 Å².